The van der Waals surface area contributed by atoms with Crippen LogP contribution in [0.5, 0.6) is 0 Å². The Hall–Kier alpha value is 0.454. The first-order valence-electron chi connectivity index (χ1n) is 4.31. The summed E-state index contributed by atoms with van der Waals surface area (Å²) in [6.07, 6.45) is 4.24. The molecule has 1 atom stereocenters. The maximum absolute atomic E-state index is 2.40. The molecule has 0 amide bonds. The number of hydrogen-bond donors (Lipinski definition) is 0. The van der Waals surface area contributed by atoms with Crippen molar-refractivity contribution in [3.05, 3.63) is 11.1 Å². The van der Waals surface area contributed by atoms with Crippen LogP contribution in [0.3, 0.4) is 0 Å². The molecule has 0 spiro atoms. The number of fused-ring (bicyclic) bond motifs is 2. The van der Waals surface area contributed by atoms with E-state index in [4.69, 9.17) is 0 Å². The van der Waals surface area contributed by atoms with Crippen LogP contribution in [0.4, 0.5) is 0 Å². The Bertz CT molecular complexity index is 201. The summed E-state index contributed by atoms with van der Waals surface area (Å²) in [4.78, 5) is 0. The van der Waals surface area contributed by atoms with Crippen LogP contribution in [0.15, 0.2) is 11.1 Å². The molecule has 0 saturated heterocycles. The Morgan fingerprint density at radius 2 is 2.00 bits per heavy atom. The molecule has 1 unspecified atom stereocenters. The second-order valence-electron chi connectivity index (χ2n) is 4.42. The third-order valence-corrected chi connectivity index (χ3v) is 3.63. The summed E-state index contributed by atoms with van der Waals surface area (Å²) in [5.74, 6) is 1.02. The minimum Gasteiger partial charge on any atom is -0.0735 e. The fraction of sp³-hybridized carbons (Fsp3) is 0.800. The maximum atomic E-state index is 2.40. The largest absolute Gasteiger partial charge is 0.0735 e. The summed E-state index contributed by atoms with van der Waals surface area (Å²) in [6, 6.07) is 0. The normalized spacial score (nSPS) is 32.5. The van der Waals surface area contributed by atoms with Crippen molar-refractivity contribution in [1.29, 1.82) is 0 Å². The Kier molecular flexibility index (Phi) is 2.38. The molecule has 0 aromatic rings. The molecule has 0 aromatic carbocycles. The first-order chi connectivity index (χ1) is 4.62. The minimum absolute atomic E-state index is 0. The zero-order valence-corrected chi connectivity index (χ0v) is 9.26. The molecule has 11 heavy (non-hydrogen) atoms. The van der Waals surface area contributed by atoms with E-state index in [1.165, 1.54) is 19.3 Å². The predicted molar refractivity (Wildman–Crippen MR) is 43.8 cm³/mol. The standard InChI is InChI=1S/C10H16.Ti/c1-7-4-5-8-6-9(7)10(8,2)3;/h8H,4-6H2,1-3H3;. The van der Waals surface area contributed by atoms with E-state index in [2.05, 4.69) is 20.8 Å². The summed E-state index contributed by atoms with van der Waals surface area (Å²) in [7, 11) is 0. The van der Waals surface area contributed by atoms with Gasteiger partial charge in [-0.2, -0.15) is 0 Å². The Morgan fingerprint density at radius 3 is 2.27 bits per heavy atom. The second-order valence-corrected chi connectivity index (χ2v) is 4.42. The van der Waals surface area contributed by atoms with E-state index in [-0.39, 0.29) is 21.7 Å². The average molecular weight is 184 g/mol. The van der Waals surface area contributed by atoms with Crippen LogP contribution >= 0.6 is 0 Å². The minimum atomic E-state index is 0. The molecule has 3 aliphatic carbocycles. The van der Waals surface area contributed by atoms with Gasteiger partial charge in [-0.15, -0.1) is 0 Å². The molecular formula is C10H16Ti. The van der Waals surface area contributed by atoms with E-state index in [0.717, 1.165) is 5.92 Å². The fourth-order valence-corrected chi connectivity index (χ4v) is 2.61. The van der Waals surface area contributed by atoms with Gasteiger partial charge in [0.15, 0.2) is 0 Å². The molecule has 60 valence electrons. The number of allylic oxidation sites excluding steroid dienone is 2. The van der Waals surface area contributed by atoms with Crippen LogP contribution < -0.4 is 0 Å². The molecule has 2 bridgehead atoms. The smallest absolute Gasteiger partial charge is 0 e. The van der Waals surface area contributed by atoms with Crippen molar-refractivity contribution in [3.63, 3.8) is 0 Å². The summed E-state index contributed by atoms with van der Waals surface area (Å²) in [6.45, 7) is 7.12. The zero-order chi connectivity index (χ0) is 7.35. The van der Waals surface area contributed by atoms with Crippen molar-refractivity contribution < 1.29 is 21.7 Å². The van der Waals surface area contributed by atoms with E-state index in [9.17, 15) is 0 Å². The first-order valence-corrected chi connectivity index (χ1v) is 4.31. The summed E-state index contributed by atoms with van der Waals surface area (Å²) in [5, 5.41) is 0. The molecule has 1 heteroatoms. The van der Waals surface area contributed by atoms with Crippen LogP contribution in [0.2, 0.25) is 0 Å². The Balaban J connectivity index is 0.000000605. The van der Waals surface area contributed by atoms with E-state index >= 15 is 0 Å². The van der Waals surface area contributed by atoms with Crippen molar-refractivity contribution >= 4 is 0 Å². The Labute approximate surface area is 84.3 Å². The van der Waals surface area contributed by atoms with Crippen LogP contribution in [0, 0.1) is 11.3 Å². The van der Waals surface area contributed by atoms with Crippen LogP contribution in [0.25, 0.3) is 0 Å². The van der Waals surface area contributed by atoms with E-state index < -0.39 is 0 Å². The van der Waals surface area contributed by atoms with Gasteiger partial charge in [-0.3, -0.25) is 0 Å². The molecule has 0 N–H and O–H groups in total. The monoisotopic (exact) mass is 184 g/mol. The zero-order valence-electron chi connectivity index (χ0n) is 7.70. The van der Waals surface area contributed by atoms with Gasteiger partial charge in [0, 0.05) is 21.7 Å². The SMILES string of the molecule is CC1=C2CC(CC1)C2(C)C.[Ti]. The molecule has 0 nitrogen and oxygen atoms in total. The van der Waals surface area contributed by atoms with E-state index in [0.29, 0.717) is 5.41 Å². The Morgan fingerprint density at radius 1 is 1.36 bits per heavy atom. The fourth-order valence-electron chi connectivity index (χ4n) is 2.61. The second kappa shape index (κ2) is 2.74. The van der Waals surface area contributed by atoms with Crippen LogP contribution in [-0.4, -0.2) is 0 Å². The summed E-state index contributed by atoms with van der Waals surface area (Å²) in [5.41, 5.74) is 4.04. The van der Waals surface area contributed by atoms with Gasteiger partial charge in [0.1, 0.15) is 0 Å². The molecule has 0 heterocycles. The molecule has 3 aliphatic rings. The van der Waals surface area contributed by atoms with Crippen molar-refractivity contribution in [3.8, 4) is 0 Å². The molecule has 0 radical (unpaired) electrons. The van der Waals surface area contributed by atoms with E-state index in [1.807, 2.05) is 0 Å². The topological polar surface area (TPSA) is 0 Å². The van der Waals surface area contributed by atoms with Crippen molar-refractivity contribution in [2.75, 3.05) is 0 Å². The van der Waals surface area contributed by atoms with Gasteiger partial charge in [-0.1, -0.05) is 25.0 Å². The van der Waals surface area contributed by atoms with Gasteiger partial charge in [-0.25, -0.2) is 0 Å². The molecular weight excluding hydrogens is 168 g/mol. The van der Waals surface area contributed by atoms with Gasteiger partial charge >= 0.3 is 0 Å². The van der Waals surface area contributed by atoms with Gasteiger partial charge in [0.05, 0.1) is 0 Å². The quantitative estimate of drug-likeness (QED) is 0.400. The molecule has 3 rings (SSSR count). The summed E-state index contributed by atoms with van der Waals surface area (Å²) >= 11 is 0. The van der Waals surface area contributed by atoms with Gasteiger partial charge < -0.3 is 0 Å². The number of hydrogen-bond acceptors (Lipinski definition) is 0. The van der Waals surface area contributed by atoms with Crippen molar-refractivity contribution in [1.82, 2.24) is 0 Å². The molecule has 0 aromatic heterocycles. The third kappa shape index (κ3) is 1.15. The molecule has 1 fully saturated rings. The first kappa shape index (κ1) is 9.54. The van der Waals surface area contributed by atoms with Crippen LogP contribution in [0.1, 0.15) is 40.0 Å². The van der Waals surface area contributed by atoms with Crippen molar-refractivity contribution in [2.24, 2.45) is 11.3 Å². The van der Waals surface area contributed by atoms with E-state index in [1.54, 1.807) is 11.1 Å². The average Bonchev–Trinajstić information content (AvgIpc) is 1.87. The third-order valence-electron chi connectivity index (χ3n) is 3.63. The molecule has 1 saturated carbocycles. The van der Waals surface area contributed by atoms with Crippen molar-refractivity contribution in [2.45, 2.75) is 40.0 Å². The van der Waals surface area contributed by atoms with Gasteiger partial charge in [0.25, 0.3) is 0 Å². The molecule has 0 aliphatic heterocycles. The predicted octanol–water partition coefficient (Wildman–Crippen LogP) is 3.14. The maximum Gasteiger partial charge on any atom is 0 e. The van der Waals surface area contributed by atoms with Gasteiger partial charge in [-0.05, 0) is 37.5 Å². The number of rotatable bonds is 0. The summed E-state index contributed by atoms with van der Waals surface area (Å²) < 4.78 is 0. The van der Waals surface area contributed by atoms with Gasteiger partial charge in [0.2, 0.25) is 0 Å². The van der Waals surface area contributed by atoms with Crippen LogP contribution in [-0.2, 0) is 21.7 Å².